The number of hydrogen-bond donors (Lipinski definition) is 0. The molecule has 0 bridgehead atoms. The number of carbonyl (C=O) groups excluding carboxylic acids is 1. The van der Waals surface area contributed by atoms with Crippen molar-refractivity contribution in [2.75, 3.05) is 11.4 Å². The summed E-state index contributed by atoms with van der Waals surface area (Å²) in [5.41, 5.74) is 2.73. The molecule has 0 saturated carbocycles. The van der Waals surface area contributed by atoms with Crippen molar-refractivity contribution in [2.45, 2.75) is 6.61 Å². The van der Waals surface area contributed by atoms with Gasteiger partial charge in [0.15, 0.2) is 0 Å². The van der Waals surface area contributed by atoms with Gasteiger partial charge in [0.25, 0.3) is 5.91 Å². The number of fused-ring (bicyclic) bond motifs is 1. The highest BCUT2D eigenvalue weighted by Crippen LogP contribution is 2.22. The molecule has 2 heterocycles. The first-order chi connectivity index (χ1) is 11.8. The number of amides is 1. The van der Waals surface area contributed by atoms with Gasteiger partial charge in [-0.1, -0.05) is 30.3 Å². The van der Waals surface area contributed by atoms with Crippen LogP contribution < -0.4 is 9.64 Å². The summed E-state index contributed by atoms with van der Waals surface area (Å²) >= 11 is 0. The van der Waals surface area contributed by atoms with Crippen LogP contribution in [0.3, 0.4) is 0 Å². The van der Waals surface area contributed by atoms with Gasteiger partial charge in [0.05, 0.1) is 11.2 Å². The number of benzene rings is 2. The van der Waals surface area contributed by atoms with Crippen molar-refractivity contribution in [3.63, 3.8) is 0 Å². The first kappa shape index (κ1) is 14.5. The van der Waals surface area contributed by atoms with E-state index in [1.54, 1.807) is 11.0 Å². The van der Waals surface area contributed by atoms with Crippen molar-refractivity contribution >= 4 is 22.5 Å². The Morgan fingerprint density at radius 2 is 1.83 bits per heavy atom. The topological polar surface area (TPSA) is 42.4 Å². The summed E-state index contributed by atoms with van der Waals surface area (Å²) < 4.78 is 5.80. The van der Waals surface area contributed by atoms with E-state index in [1.807, 2.05) is 60.7 Å². The van der Waals surface area contributed by atoms with E-state index in [9.17, 15) is 4.79 Å². The molecule has 0 atom stereocenters. The Kier molecular flexibility index (Phi) is 3.71. The first-order valence-corrected chi connectivity index (χ1v) is 7.85. The Morgan fingerprint density at radius 1 is 1.00 bits per heavy atom. The third kappa shape index (κ3) is 2.86. The average Bonchev–Trinajstić information content (AvgIpc) is 3.06. The molecule has 0 radical (unpaired) electrons. The molecule has 0 unspecified atom stereocenters. The second-order valence-electron chi connectivity index (χ2n) is 5.63. The van der Waals surface area contributed by atoms with Crippen LogP contribution >= 0.6 is 0 Å². The number of pyridine rings is 1. The van der Waals surface area contributed by atoms with E-state index in [0.29, 0.717) is 13.2 Å². The SMILES string of the molecule is O=C1C=CCN1c1ccc(OCc2ccc3ccccc3n2)cc1. The van der Waals surface area contributed by atoms with E-state index in [1.165, 1.54) is 0 Å². The Bertz CT molecular complexity index is 916. The summed E-state index contributed by atoms with van der Waals surface area (Å²) in [7, 11) is 0. The van der Waals surface area contributed by atoms with Gasteiger partial charge in [0.2, 0.25) is 0 Å². The van der Waals surface area contributed by atoms with Crippen molar-refractivity contribution in [3.8, 4) is 5.75 Å². The molecule has 4 rings (SSSR count). The number of para-hydroxylation sites is 1. The second-order valence-corrected chi connectivity index (χ2v) is 5.63. The molecule has 0 N–H and O–H groups in total. The number of carbonyl (C=O) groups is 1. The molecular formula is C20H16N2O2. The lowest BCUT2D eigenvalue weighted by atomic mass is 10.2. The Balaban J connectivity index is 1.44. The Labute approximate surface area is 140 Å². The summed E-state index contributed by atoms with van der Waals surface area (Å²) in [5, 5.41) is 1.12. The molecule has 0 aliphatic carbocycles. The van der Waals surface area contributed by atoms with Crippen LogP contribution in [0.15, 0.2) is 72.8 Å². The second kappa shape index (κ2) is 6.16. The van der Waals surface area contributed by atoms with Crippen molar-refractivity contribution in [1.29, 1.82) is 0 Å². The number of aromatic nitrogens is 1. The molecule has 4 heteroatoms. The van der Waals surface area contributed by atoms with Crippen molar-refractivity contribution in [3.05, 3.63) is 78.5 Å². The summed E-state index contributed by atoms with van der Waals surface area (Å²) in [6.07, 6.45) is 3.45. The summed E-state index contributed by atoms with van der Waals surface area (Å²) in [6, 6.07) is 19.6. The molecular weight excluding hydrogens is 300 g/mol. The highest BCUT2D eigenvalue weighted by molar-refractivity contribution is 6.04. The van der Waals surface area contributed by atoms with Gasteiger partial charge in [-0.25, -0.2) is 4.98 Å². The van der Waals surface area contributed by atoms with Gasteiger partial charge in [-0.3, -0.25) is 4.79 Å². The van der Waals surface area contributed by atoms with Crippen molar-refractivity contribution in [1.82, 2.24) is 4.98 Å². The molecule has 1 aromatic heterocycles. The van der Waals surface area contributed by atoms with Crippen LogP contribution in [-0.4, -0.2) is 17.4 Å². The predicted octanol–water partition coefficient (Wildman–Crippen LogP) is 3.72. The van der Waals surface area contributed by atoms with Crippen LogP contribution in [0, 0.1) is 0 Å². The molecule has 2 aromatic carbocycles. The number of rotatable bonds is 4. The fourth-order valence-corrected chi connectivity index (χ4v) is 2.74. The van der Waals surface area contributed by atoms with Crippen LogP contribution in [0.25, 0.3) is 10.9 Å². The quantitative estimate of drug-likeness (QED) is 0.737. The van der Waals surface area contributed by atoms with E-state index >= 15 is 0 Å². The lowest BCUT2D eigenvalue weighted by Crippen LogP contribution is -2.24. The van der Waals surface area contributed by atoms with Crippen molar-refractivity contribution < 1.29 is 9.53 Å². The number of ether oxygens (including phenoxy) is 1. The van der Waals surface area contributed by atoms with Gasteiger partial charge >= 0.3 is 0 Å². The predicted molar refractivity (Wildman–Crippen MR) is 94.0 cm³/mol. The van der Waals surface area contributed by atoms with Crippen LogP contribution in [0.5, 0.6) is 5.75 Å². The van der Waals surface area contributed by atoms with E-state index < -0.39 is 0 Å². The fraction of sp³-hybridized carbons (Fsp3) is 0.100. The minimum absolute atomic E-state index is 0.0176. The first-order valence-electron chi connectivity index (χ1n) is 7.85. The van der Waals surface area contributed by atoms with E-state index in [2.05, 4.69) is 11.1 Å². The summed E-state index contributed by atoms with van der Waals surface area (Å²) in [5.74, 6) is 0.775. The van der Waals surface area contributed by atoms with Crippen molar-refractivity contribution in [2.24, 2.45) is 0 Å². The molecule has 1 amide bonds. The highest BCUT2D eigenvalue weighted by Gasteiger charge is 2.16. The molecule has 0 spiro atoms. The summed E-state index contributed by atoms with van der Waals surface area (Å²) in [4.78, 5) is 18.0. The van der Waals surface area contributed by atoms with Crippen LogP contribution in [0.4, 0.5) is 5.69 Å². The zero-order valence-electron chi connectivity index (χ0n) is 13.1. The van der Waals surface area contributed by atoms with Gasteiger partial charge in [-0.2, -0.15) is 0 Å². The van der Waals surface area contributed by atoms with E-state index in [0.717, 1.165) is 28.0 Å². The van der Waals surface area contributed by atoms with E-state index in [-0.39, 0.29) is 5.91 Å². The zero-order chi connectivity index (χ0) is 16.4. The molecule has 1 aliphatic heterocycles. The van der Waals surface area contributed by atoms with Gasteiger partial charge in [-0.05, 0) is 36.4 Å². The summed E-state index contributed by atoms with van der Waals surface area (Å²) in [6.45, 7) is 1.04. The third-order valence-corrected chi connectivity index (χ3v) is 4.01. The zero-order valence-corrected chi connectivity index (χ0v) is 13.1. The maximum Gasteiger partial charge on any atom is 0.251 e. The molecule has 0 saturated heterocycles. The standard InChI is InChI=1S/C20H16N2O2/c23-20-6-3-13-22(20)17-9-11-18(12-10-17)24-14-16-8-7-15-4-1-2-5-19(15)21-16/h1-12H,13-14H2. The molecule has 0 fully saturated rings. The normalized spacial score (nSPS) is 13.7. The Hall–Kier alpha value is -3.14. The van der Waals surface area contributed by atoms with Gasteiger partial charge in [0.1, 0.15) is 12.4 Å². The maximum atomic E-state index is 11.7. The number of nitrogens with zero attached hydrogens (tertiary/aromatic N) is 2. The van der Waals surface area contributed by atoms with Crippen LogP contribution in [0.1, 0.15) is 5.69 Å². The van der Waals surface area contributed by atoms with Crippen LogP contribution in [-0.2, 0) is 11.4 Å². The minimum atomic E-state index is 0.0176. The lowest BCUT2D eigenvalue weighted by molar-refractivity contribution is -0.113. The number of hydrogen-bond acceptors (Lipinski definition) is 3. The third-order valence-electron chi connectivity index (χ3n) is 4.01. The smallest absolute Gasteiger partial charge is 0.251 e. The molecule has 4 nitrogen and oxygen atoms in total. The van der Waals surface area contributed by atoms with Gasteiger partial charge in [0, 0.05) is 23.7 Å². The van der Waals surface area contributed by atoms with E-state index in [4.69, 9.17) is 4.74 Å². The van der Waals surface area contributed by atoms with Gasteiger partial charge in [-0.15, -0.1) is 0 Å². The van der Waals surface area contributed by atoms with Gasteiger partial charge < -0.3 is 9.64 Å². The molecule has 1 aliphatic rings. The van der Waals surface area contributed by atoms with Crippen LogP contribution in [0.2, 0.25) is 0 Å². The average molecular weight is 316 g/mol. The maximum absolute atomic E-state index is 11.7. The monoisotopic (exact) mass is 316 g/mol. The molecule has 24 heavy (non-hydrogen) atoms. The minimum Gasteiger partial charge on any atom is -0.487 e. The lowest BCUT2D eigenvalue weighted by Gasteiger charge is -2.16. The molecule has 3 aromatic rings. The Morgan fingerprint density at radius 3 is 2.62 bits per heavy atom. The fourth-order valence-electron chi connectivity index (χ4n) is 2.74. The molecule has 118 valence electrons. The number of anilines is 1. The largest absolute Gasteiger partial charge is 0.487 e. The highest BCUT2D eigenvalue weighted by atomic mass is 16.5.